The third kappa shape index (κ3) is 4.63. The molecule has 1 amide bonds. The minimum absolute atomic E-state index is 0.0376. The molecule has 1 saturated heterocycles. The molecule has 3 aliphatic carbocycles. The lowest BCUT2D eigenvalue weighted by molar-refractivity contribution is -0.0707. The zero-order valence-electron chi connectivity index (χ0n) is 23.0. The maximum atomic E-state index is 13.1. The van der Waals surface area contributed by atoms with Crippen LogP contribution in [0.5, 0.6) is 0 Å². The van der Waals surface area contributed by atoms with Gasteiger partial charge < -0.3 is 10.1 Å². The monoisotopic (exact) mass is 533 g/mol. The molecule has 3 atom stereocenters. The second-order valence-electron chi connectivity index (χ2n) is 11.6. The van der Waals surface area contributed by atoms with Gasteiger partial charge in [0, 0.05) is 43.6 Å². The highest BCUT2D eigenvalue weighted by molar-refractivity contribution is 5.94. The molecule has 4 aliphatic rings. The number of amides is 1. The quantitative estimate of drug-likeness (QED) is 0.382. The van der Waals surface area contributed by atoms with Gasteiger partial charge in [-0.15, -0.1) is 5.10 Å². The van der Waals surface area contributed by atoms with Crippen LogP contribution in [0.1, 0.15) is 70.4 Å². The van der Waals surface area contributed by atoms with E-state index in [0.717, 1.165) is 37.4 Å². The Hall–Kier alpha value is -3.81. The van der Waals surface area contributed by atoms with Crippen molar-refractivity contribution in [2.75, 3.05) is 19.6 Å². The third-order valence-corrected chi connectivity index (χ3v) is 8.76. The molecule has 1 N–H and O–H groups in total. The van der Waals surface area contributed by atoms with Crippen molar-refractivity contribution in [2.45, 2.75) is 50.9 Å². The first-order valence-electron chi connectivity index (χ1n) is 14.4. The summed E-state index contributed by atoms with van der Waals surface area (Å²) >= 11 is 0. The Kier molecular flexibility index (Phi) is 6.48. The van der Waals surface area contributed by atoms with E-state index in [1.54, 1.807) is 4.68 Å². The predicted octanol–water partition coefficient (Wildman–Crippen LogP) is 4.90. The first-order chi connectivity index (χ1) is 19.5. The molecule has 1 unspecified atom stereocenters. The molecule has 7 nitrogen and oxygen atoms in total. The smallest absolute Gasteiger partial charge is 0.251 e. The van der Waals surface area contributed by atoms with E-state index in [1.807, 2.05) is 30.5 Å². The van der Waals surface area contributed by atoms with Gasteiger partial charge >= 0.3 is 0 Å². The summed E-state index contributed by atoms with van der Waals surface area (Å²) in [5, 5.41) is 11.9. The van der Waals surface area contributed by atoms with Crippen LogP contribution in [0.4, 0.5) is 0 Å². The number of carbonyl (C=O) groups is 1. The first-order valence-corrected chi connectivity index (χ1v) is 14.4. The van der Waals surface area contributed by atoms with Gasteiger partial charge in [-0.2, -0.15) is 0 Å². The second kappa shape index (κ2) is 10.3. The minimum Gasteiger partial charge on any atom is -0.373 e. The SMILES string of the molecule is C[C@@H]1CN(Cc2cn(-c3ccc(C(=O)NCC4CC5c6ccccc6C4c4ccccc45)cc3)nn2)C[C@H](C)O1. The van der Waals surface area contributed by atoms with E-state index in [9.17, 15) is 4.79 Å². The number of benzene rings is 3. The van der Waals surface area contributed by atoms with Gasteiger partial charge in [-0.25, -0.2) is 4.68 Å². The Morgan fingerprint density at radius 1 is 0.900 bits per heavy atom. The summed E-state index contributed by atoms with van der Waals surface area (Å²) in [5.74, 6) is 1.07. The number of hydrogen-bond donors (Lipinski definition) is 1. The molecule has 2 bridgehead atoms. The van der Waals surface area contributed by atoms with E-state index < -0.39 is 0 Å². The highest BCUT2D eigenvalue weighted by Crippen LogP contribution is 2.55. The Morgan fingerprint density at radius 2 is 1.52 bits per heavy atom. The van der Waals surface area contributed by atoms with Crippen LogP contribution >= 0.6 is 0 Å². The maximum absolute atomic E-state index is 13.1. The van der Waals surface area contributed by atoms with Gasteiger partial charge in [0.1, 0.15) is 0 Å². The molecule has 4 aromatic rings. The van der Waals surface area contributed by atoms with Crippen molar-refractivity contribution in [1.29, 1.82) is 0 Å². The molecule has 2 heterocycles. The Bertz CT molecular complexity index is 1470. The van der Waals surface area contributed by atoms with Crippen molar-refractivity contribution >= 4 is 5.91 Å². The van der Waals surface area contributed by atoms with Crippen LogP contribution in [0.15, 0.2) is 79.0 Å². The average Bonchev–Trinajstić information content (AvgIpc) is 3.44. The largest absolute Gasteiger partial charge is 0.373 e. The van der Waals surface area contributed by atoms with Crippen LogP contribution in [0, 0.1) is 5.92 Å². The summed E-state index contributed by atoms with van der Waals surface area (Å²) in [5.41, 5.74) is 8.22. The van der Waals surface area contributed by atoms with Gasteiger partial charge in [0.2, 0.25) is 0 Å². The number of carbonyl (C=O) groups excluding carboxylic acids is 1. The van der Waals surface area contributed by atoms with Gasteiger partial charge in [0.05, 0.1) is 29.8 Å². The van der Waals surface area contributed by atoms with Crippen LogP contribution in [-0.2, 0) is 11.3 Å². The molecule has 40 heavy (non-hydrogen) atoms. The van der Waals surface area contributed by atoms with Crippen LogP contribution < -0.4 is 5.32 Å². The molecular weight excluding hydrogens is 498 g/mol. The molecule has 7 heteroatoms. The maximum Gasteiger partial charge on any atom is 0.251 e. The molecule has 0 saturated carbocycles. The summed E-state index contributed by atoms with van der Waals surface area (Å²) in [4.78, 5) is 15.5. The number of nitrogens with one attached hydrogen (secondary N) is 1. The van der Waals surface area contributed by atoms with Crippen LogP contribution in [0.3, 0.4) is 0 Å². The second-order valence-corrected chi connectivity index (χ2v) is 11.6. The first kappa shape index (κ1) is 25.2. The third-order valence-electron chi connectivity index (χ3n) is 8.76. The molecule has 1 fully saturated rings. The summed E-state index contributed by atoms with van der Waals surface area (Å²) in [7, 11) is 0. The van der Waals surface area contributed by atoms with Gasteiger partial charge in [0.15, 0.2) is 0 Å². The lowest BCUT2D eigenvalue weighted by atomic mass is 9.59. The number of ether oxygens (including phenoxy) is 1. The number of morpholine rings is 1. The fraction of sp³-hybridized carbons (Fsp3) is 0.364. The van der Waals surface area contributed by atoms with Crippen molar-refractivity contribution in [3.05, 3.63) is 113 Å². The van der Waals surface area contributed by atoms with Crippen LogP contribution in [-0.4, -0.2) is 57.6 Å². The van der Waals surface area contributed by atoms with Crippen molar-refractivity contribution < 1.29 is 9.53 Å². The van der Waals surface area contributed by atoms with E-state index in [2.05, 4.69) is 82.9 Å². The fourth-order valence-corrected chi connectivity index (χ4v) is 7.19. The van der Waals surface area contributed by atoms with Gasteiger partial charge in [-0.3, -0.25) is 9.69 Å². The zero-order chi connectivity index (χ0) is 27.2. The number of aromatic nitrogens is 3. The molecular formula is C33H35N5O2. The summed E-state index contributed by atoms with van der Waals surface area (Å²) in [6, 6.07) is 25.3. The summed E-state index contributed by atoms with van der Waals surface area (Å²) in [6.07, 6.45) is 3.47. The van der Waals surface area contributed by atoms with Crippen molar-refractivity contribution in [2.24, 2.45) is 5.92 Å². The molecule has 0 radical (unpaired) electrons. The van der Waals surface area contributed by atoms with Crippen LogP contribution in [0.25, 0.3) is 5.69 Å². The van der Waals surface area contributed by atoms with Crippen molar-refractivity contribution in [3.63, 3.8) is 0 Å². The molecule has 1 aliphatic heterocycles. The molecule has 0 spiro atoms. The van der Waals surface area contributed by atoms with Crippen molar-refractivity contribution in [3.8, 4) is 5.69 Å². The van der Waals surface area contributed by atoms with E-state index in [4.69, 9.17) is 4.74 Å². The van der Waals surface area contributed by atoms with Gasteiger partial charge in [-0.1, -0.05) is 53.7 Å². The fourth-order valence-electron chi connectivity index (χ4n) is 7.19. The number of hydrogen-bond acceptors (Lipinski definition) is 5. The standard InChI is InChI=1S/C33H35N5O2/c1-21-17-37(18-22(2)40-21)19-25-20-38(36-35-25)26-13-11-23(12-14-26)33(39)34-16-24-15-31-27-7-3-5-9-29(27)32(24)30-10-6-4-8-28(30)31/h3-14,20-22,24,31-32H,15-19H2,1-2H3,(H,34,39)/t21-,22+,24?,31?,32?. The number of fused-ring (bicyclic) bond motifs is 1. The van der Waals surface area contributed by atoms with Gasteiger partial charge in [0.25, 0.3) is 5.91 Å². The predicted molar refractivity (Wildman–Crippen MR) is 154 cm³/mol. The minimum atomic E-state index is -0.0376. The van der Waals surface area contributed by atoms with E-state index in [0.29, 0.717) is 29.9 Å². The normalized spacial score (nSPS) is 25.3. The van der Waals surface area contributed by atoms with E-state index >= 15 is 0 Å². The van der Waals surface area contributed by atoms with Crippen LogP contribution in [0.2, 0.25) is 0 Å². The highest BCUT2D eigenvalue weighted by Gasteiger charge is 2.42. The van der Waals surface area contributed by atoms with Gasteiger partial charge in [-0.05, 0) is 72.7 Å². The topological polar surface area (TPSA) is 72.3 Å². The highest BCUT2D eigenvalue weighted by atomic mass is 16.5. The summed E-state index contributed by atoms with van der Waals surface area (Å²) < 4.78 is 7.61. The Labute approximate surface area is 235 Å². The lowest BCUT2D eigenvalue weighted by Crippen LogP contribution is -2.44. The Morgan fingerprint density at radius 3 is 2.17 bits per heavy atom. The van der Waals surface area contributed by atoms with E-state index in [1.165, 1.54) is 22.3 Å². The molecule has 1 aromatic heterocycles. The molecule has 204 valence electrons. The number of rotatable bonds is 6. The molecule has 3 aromatic carbocycles. The molecule has 8 rings (SSSR count). The number of nitrogens with zero attached hydrogens (tertiary/aromatic N) is 4. The zero-order valence-corrected chi connectivity index (χ0v) is 23.0. The lowest BCUT2D eigenvalue weighted by Gasteiger charge is -2.45. The van der Waals surface area contributed by atoms with E-state index in [-0.39, 0.29) is 18.1 Å². The summed E-state index contributed by atoms with van der Waals surface area (Å²) in [6.45, 7) is 7.40. The van der Waals surface area contributed by atoms with Crippen molar-refractivity contribution in [1.82, 2.24) is 25.2 Å². The Balaban J connectivity index is 1.00. The average molecular weight is 534 g/mol.